The van der Waals surface area contributed by atoms with E-state index in [1.54, 1.807) is 36.7 Å². The normalized spacial score (nSPS) is 18.1. The van der Waals surface area contributed by atoms with Crippen LogP contribution in [-0.2, 0) is 14.4 Å². The lowest BCUT2D eigenvalue weighted by Gasteiger charge is -2.28. The van der Waals surface area contributed by atoms with Crippen molar-refractivity contribution >= 4 is 115 Å². The molecule has 8 rings (SSSR count). The van der Waals surface area contributed by atoms with Crippen molar-refractivity contribution in [1.82, 2.24) is 66.8 Å². The topological polar surface area (TPSA) is 343 Å². The lowest BCUT2D eigenvalue weighted by Crippen LogP contribution is -2.52. The van der Waals surface area contributed by atoms with Crippen LogP contribution >= 0.6 is 68.0 Å². The van der Waals surface area contributed by atoms with Crippen LogP contribution in [0.4, 0.5) is 0 Å². The van der Waals surface area contributed by atoms with Crippen LogP contribution in [0.15, 0.2) is 62.3 Å². The maximum absolute atomic E-state index is 13.9. The number of nitrogens with zero attached hydrogens (tertiary/aromatic N) is 7. The highest BCUT2D eigenvalue weighted by Crippen LogP contribution is 2.38. The number of ketones is 1. The Labute approximate surface area is 462 Å². The largest absolute Gasteiger partial charge is 0.391 e. The standard InChI is InChI=1S/C48H47N13O10S6/c1-8-23(36(65)49-12-19(3)62)51-37(66)27-15-74-45(56-27)31-18-75-44(58-31)25-11-10-22-34(50-25)26-13-76-46(53-26)33(21(5)64)60-39(68)29-17-77-47(57-29)35(48(6,7)71)61-40(69)30-16-73-43(55-30)24(9-2)52-41(70)32(20(4)63)59-38(67)28-14-72-42(22)54-28/h8-11,13-18,20-21,32-33,35,63-64,71H,12H2,1-7H3,(H,49,65)(H,51,66)(H,52,70)(H,59,67)(H,60,68)(H,61,69)/t20-,21-,32+,33+,35-/m1/s1. The first kappa shape index (κ1) is 56.0. The van der Waals surface area contributed by atoms with Crippen LogP contribution in [0.1, 0.15) is 118 Å². The monoisotopic (exact) mass is 1160 g/mol. The number of pyridine rings is 1. The third-order valence-electron chi connectivity index (χ3n) is 11.2. The van der Waals surface area contributed by atoms with Crippen LogP contribution in [-0.4, -0.2) is 122 Å². The zero-order chi connectivity index (χ0) is 55.5. The molecule has 0 spiro atoms. The number of thiazole rings is 6. The molecule has 9 N–H and O–H groups in total. The first-order valence-corrected chi connectivity index (χ1v) is 28.4. The Kier molecular flexibility index (Phi) is 17.1. The SMILES string of the molecule is CC=C(NC(=O)c1csc(-c2csc(-c3ccc4c(n3)-c3csc(n3)[C@H]([C@@H](C)O)NC(=O)c3csc(n3)[C@H](C(C)(C)O)NC(=O)c3csc(n3)C(=CC)NC(=O)[C@H]([C@@H](C)O)NC(=O)c3csc-4n3)n2)n1)C(=O)NCC(C)=O. The molecule has 23 nitrogen and oxygen atoms in total. The van der Waals surface area contributed by atoms with Gasteiger partial charge in [-0.25, -0.2) is 34.9 Å². The van der Waals surface area contributed by atoms with Crippen molar-refractivity contribution in [2.75, 3.05) is 6.54 Å². The smallest absolute Gasteiger partial charge is 0.275 e. The fourth-order valence-corrected chi connectivity index (χ4v) is 12.4. The predicted molar refractivity (Wildman–Crippen MR) is 291 cm³/mol. The minimum Gasteiger partial charge on any atom is -0.391 e. The second-order valence-electron chi connectivity index (χ2n) is 17.6. The van der Waals surface area contributed by atoms with Gasteiger partial charge in [0.2, 0.25) is 5.91 Å². The number of allylic oxidation sites excluding steroid dienone is 2. The Balaban J connectivity index is 1.15. The van der Waals surface area contributed by atoms with Crippen molar-refractivity contribution in [3.8, 4) is 43.4 Å². The molecular formula is C48H47N13O10S6. The minimum atomic E-state index is -1.60. The highest BCUT2D eigenvalue weighted by molar-refractivity contribution is 7.15. The summed E-state index contributed by atoms with van der Waals surface area (Å²) in [4.78, 5) is 125. The van der Waals surface area contributed by atoms with Gasteiger partial charge in [0.25, 0.3) is 29.5 Å². The molecule has 1 aliphatic rings. The number of carbonyl (C=O) groups is 7. The molecule has 0 fully saturated rings. The van der Waals surface area contributed by atoms with E-state index in [4.69, 9.17) is 15.0 Å². The fourth-order valence-electron chi connectivity index (χ4n) is 7.17. The molecule has 0 saturated carbocycles. The average Bonchev–Trinajstić information content (AvgIpc) is 4.26. The molecule has 7 aromatic heterocycles. The summed E-state index contributed by atoms with van der Waals surface area (Å²) in [5.41, 5.74) is 0.133. The Morgan fingerprint density at radius 3 is 1.87 bits per heavy atom. The van der Waals surface area contributed by atoms with Gasteiger partial charge in [-0.15, -0.1) is 68.0 Å². The predicted octanol–water partition coefficient (Wildman–Crippen LogP) is 4.89. The van der Waals surface area contributed by atoms with Gasteiger partial charge in [-0.05, 0) is 60.6 Å². The van der Waals surface area contributed by atoms with Crippen LogP contribution in [0.2, 0.25) is 0 Å². The molecule has 8 bridgehead atoms. The molecule has 77 heavy (non-hydrogen) atoms. The maximum Gasteiger partial charge on any atom is 0.275 e. The van der Waals surface area contributed by atoms with Crippen molar-refractivity contribution in [1.29, 1.82) is 0 Å². The summed E-state index contributed by atoms with van der Waals surface area (Å²) in [6.07, 6.45) is 0.364. The number of nitrogens with one attached hydrogen (secondary N) is 6. The van der Waals surface area contributed by atoms with Gasteiger partial charge in [-0.1, -0.05) is 12.2 Å². The van der Waals surface area contributed by atoms with E-state index < -0.39 is 71.4 Å². The zero-order valence-electron chi connectivity index (χ0n) is 41.6. The van der Waals surface area contributed by atoms with Crippen molar-refractivity contribution in [2.45, 2.75) is 84.4 Å². The molecule has 8 heterocycles. The minimum absolute atomic E-state index is 0.0221. The molecule has 5 atom stereocenters. The number of amides is 6. The number of fused-ring (bicyclic) bond motifs is 11. The Morgan fingerprint density at radius 1 is 0.662 bits per heavy atom. The highest BCUT2D eigenvalue weighted by atomic mass is 32.1. The number of carbonyl (C=O) groups excluding carboxylic acids is 7. The average molecular weight is 1160 g/mol. The van der Waals surface area contributed by atoms with Crippen molar-refractivity contribution < 1.29 is 48.9 Å². The summed E-state index contributed by atoms with van der Waals surface area (Å²) in [5.74, 6) is -4.50. The first-order chi connectivity index (χ1) is 36.6. The lowest BCUT2D eigenvalue weighted by molar-refractivity contribution is -0.124. The van der Waals surface area contributed by atoms with Crippen molar-refractivity contribution in [3.05, 3.63) is 100 Å². The van der Waals surface area contributed by atoms with Gasteiger partial charge in [-0.2, -0.15) is 0 Å². The Morgan fingerprint density at radius 2 is 1.21 bits per heavy atom. The molecule has 0 aromatic carbocycles. The van der Waals surface area contributed by atoms with Gasteiger partial charge in [0.1, 0.15) is 99.5 Å². The first-order valence-electron chi connectivity index (χ1n) is 23.1. The van der Waals surface area contributed by atoms with Gasteiger partial charge in [0, 0.05) is 37.8 Å². The summed E-state index contributed by atoms with van der Waals surface area (Å²) in [6.45, 7) is 10.0. The van der Waals surface area contributed by atoms with Crippen molar-refractivity contribution in [3.63, 3.8) is 0 Å². The molecule has 6 amide bonds. The molecule has 0 unspecified atom stereocenters. The quantitative estimate of drug-likeness (QED) is 0.0823. The summed E-state index contributed by atoms with van der Waals surface area (Å²) >= 11 is 6.64. The molecule has 400 valence electrons. The number of aromatic nitrogens is 7. The van der Waals surface area contributed by atoms with Gasteiger partial charge >= 0.3 is 0 Å². The number of hydrogen-bond acceptors (Lipinski definition) is 23. The number of hydrogen-bond donors (Lipinski definition) is 9. The van der Waals surface area contributed by atoms with E-state index in [1.807, 2.05) is 0 Å². The van der Waals surface area contributed by atoms with Crippen LogP contribution in [0, 0.1) is 0 Å². The molecule has 1 aliphatic heterocycles. The van der Waals surface area contributed by atoms with Crippen LogP contribution in [0.25, 0.3) is 49.1 Å². The van der Waals surface area contributed by atoms with E-state index in [0.29, 0.717) is 37.7 Å². The Hall–Kier alpha value is -7.22. The van der Waals surface area contributed by atoms with Gasteiger partial charge in [-0.3, -0.25) is 33.6 Å². The molecule has 0 radical (unpaired) electrons. The summed E-state index contributed by atoms with van der Waals surface area (Å²) < 4.78 is 0. The van der Waals surface area contributed by atoms with Crippen LogP contribution in [0.3, 0.4) is 0 Å². The number of aliphatic hydroxyl groups excluding tert-OH is 2. The second-order valence-corrected chi connectivity index (χ2v) is 22.8. The number of Topliss-reactive ketones (excluding diaryl/α,β-unsaturated/α-hetero) is 1. The van der Waals surface area contributed by atoms with E-state index in [1.165, 1.54) is 79.6 Å². The molecular weight excluding hydrogens is 1110 g/mol. The highest BCUT2D eigenvalue weighted by Gasteiger charge is 2.35. The lowest BCUT2D eigenvalue weighted by atomic mass is 9.99. The van der Waals surface area contributed by atoms with Gasteiger partial charge < -0.3 is 47.2 Å². The Bertz CT molecular complexity index is 3490. The van der Waals surface area contributed by atoms with E-state index in [2.05, 4.69) is 51.8 Å². The van der Waals surface area contributed by atoms with Crippen molar-refractivity contribution in [2.24, 2.45) is 0 Å². The van der Waals surface area contributed by atoms with Crippen LogP contribution < -0.4 is 31.9 Å². The molecule has 7 aromatic rings. The molecule has 0 saturated heterocycles. The molecule has 29 heteroatoms. The van der Waals surface area contributed by atoms with E-state index in [-0.39, 0.29) is 67.2 Å². The summed E-state index contributed by atoms with van der Waals surface area (Å²) in [7, 11) is 0. The van der Waals surface area contributed by atoms with E-state index >= 15 is 0 Å². The summed E-state index contributed by atoms with van der Waals surface area (Å²) in [6, 6.07) is -0.270. The van der Waals surface area contributed by atoms with Gasteiger partial charge in [0.05, 0.1) is 35.7 Å². The number of aliphatic hydroxyl groups is 3. The van der Waals surface area contributed by atoms with Gasteiger partial charge in [0.15, 0.2) is 0 Å². The third kappa shape index (κ3) is 12.8. The van der Waals surface area contributed by atoms with Crippen LogP contribution in [0.5, 0.6) is 0 Å². The zero-order valence-corrected chi connectivity index (χ0v) is 46.5. The third-order valence-corrected chi connectivity index (χ3v) is 16.5. The number of rotatable bonds is 10. The summed E-state index contributed by atoms with van der Waals surface area (Å²) in [5, 5.41) is 60.1. The second kappa shape index (κ2) is 23.6. The maximum atomic E-state index is 13.9. The molecule has 0 aliphatic carbocycles. The van der Waals surface area contributed by atoms with E-state index in [0.717, 1.165) is 56.7 Å². The van der Waals surface area contributed by atoms with E-state index in [9.17, 15) is 48.9 Å². The fraction of sp³-hybridized carbons (Fsp3) is 0.292.